The quantitative estimate of drug-likeness (QED) is 0.621. The van der Waals surface area contributed by atoms with Crippen molar-refractivity contribution in [2.45, 2.75) is 26.3 Å². The van der Waals surface area contributed by atoms with Gasteiger partial charge in [0.15, 0.2) is 5.78 Å². The zero-order valence-electron chi connectivity index (χ0n) is 14.6. The van der Waals surface area contributed by atoms with Gasteiger partial charge in [0, 0.05) is 30.5 Å². The maximum absolute atomic E-state index is 12.2. The first-order chi connectivity index (χ1) is 12.6. The van der Waals surface area contributed by atoms with Crippen LogP contribution in [0, 0.1) is 6.92 Å². The van der Waals surface area contributed by atoms with Crippen LogP contribution in [0.5, 0.6) is 0 Å². The minimum Gasteiger partial charge on any atom is -0.329 e. The minimum absolute atomic E-state index is 0.00289. The van der Waals surface area contributed by atoms with Crippen LogP contribution >= 0.6 is 11.3 Å². The molecule has 0 atom stereocenters. The molecular weight excluding hydrogens is 344 g/mol. The van der Waals surface area contributed by atoms with E-state index in [0.29, 0.717) is 16.9 Å². The van der Waals surface area contributed by atoms with Gasteiger partial charge in [-0.05, 0) is 36.8 Å². The van der Waals surface area contributed by atoms with E-state index in [4.69, 9.17) is 0 Å². The summed E-state index contributed by atoms with van der Waals surface area (Å²) >= 11 is 1.46. The molecule has 0 aliphatic carbocycles. The van der Waals surface area contributed by atoms with Gasteiger partial charge in [-0.25, -0.2) is 0 Å². The van der Waals surface area contributed by atoms with Crippen molar-refractivity contribution in [2.24, 2.45) is 4.99 Å². The minimum atomic E-state index is -0.278. The average molecular weight is 364 g/mol. The first kappa shape index (κ1) is 18.0. The maximum atomic E-state index is 12.2. The van der Waals surface area contributed by atoms with Gasteiger partial charge in [0.1, 0.15) is 5.49 Å². The molecule has 1 amide bonds. The summed E-state index contributed by atoms with van der Waals surface area (Å²) in [5.74, 6) is -0.281. The number of Topliss-reactive ketones (excluding diaryl/α,β-unsaturated/α-hetero) is 1. The average Bonchev–Trinajstić information content (AvgIpc) is 3.09. The molecule has 0 saturated heterocycles. The van der Waals surface area contributed by atoms with E-state index in [1.807, 2.05) is 78.4 Å². The van der Waals surface area contributed by atoms with E-state index in [-0.39, 0.29) is 24.5 Å². The number of hydrogen-bond donors (Lipinski definition) is 0. The van der Waals surface area contributed by atoms with Gasteiger partial charge in [-0.1, -0.05) is 36.4 Å². The third-order valence-corrected chi connectivity index (χ3v) is 4.97. The van der Waals surface area contributed by atoms with Crippen molar-refractivity contribution in [3.63, 3.8) is 0 Å². The van der Waals surface area contributed by atoms with Crippen LogP contribution in [0.3, 0.4) is 0 Å². The van der Waals surface area contributed by atoms with Gasteiger partial charge in [0.25, 0.3) is 0 Å². The van der Waals surface area contributed by atoms with Crippen LogP contribution in [-0.2, 0) is 11.3 Å². The van der Waals surface area contributed by atoms with Crippen molar-refractivity contribution in [1.82, 2.24) is 4.57 Å². The molecule has 2 aromatic heterocycles. The number of nitrogens with zero attached hydrogens (tertiary/aromatic N) is 2. The Kier molecular flexibility index (Phi) is 5.92. The number of benzene rings is 1. The Morgan fingerprint density at radius 3 is 2.46 bits per heavy atom. The first-order valence-corrected chi connectivity index (χ1v) is 9.30. The topological polar surface area (TPSA) is 51.4 Å². The lowest BCUT2D eigenvalue weighted by molar-refractivity contribution is -0.118. The van der Waals surface area contributed by atoms with Crippen molar-refractivity contribution in [2.75, 3.05) is 0 Å². The molecule has 2 heterocycles. The summed E-state index contributed by atoms with van der Waals surface area (Å²) < 4.78 is 1.93. The van der Waals surface area contributed by atoms with Crippen molar-refractivity contribution in [3.05, 3.63) is 87.7 Å². The summed E-state index contributed by atoms with van der Waals surface area (Å²) in [5, 5.41) is 0. The molecule has 0 fully saturated rings. The number of carbonyl (C=O) groups is 2. The number of rotatable bonds is 6. The molecule has 0 aliphatic heterocycles. The fraction of sp³-hybridized carbons (Fsp3) is 0.190. The Balaban J connectivity index is 1.69. The summed E-state index contributed by atoms with van der Waals surface area (Å²) in [6, 6.07) is 19.3. The second-order valence-corrected chi connectivity index (χ2v) is 7.30. The lowest BCUT2D eigenvalue weighted by Crippen LogP contribution is -2.22. The van der Waals surface area contributed by atoms with Crippen LogP contribution in [-0.4, -0.2) is 16.3 Å². The highest BCUT2D eigenvalue weighted by Gasteiger charge is 2.10. The fourth-order valence-corrected chi connectivity index (χ4v) is 3.43. The molecule has 132 valence electrons. The summed E-state index contributed by atoms with van der Waals surface area (Å²) in [6.07, 6.45) is 2.21. The van der Waals surface area contributed by atoms with Crippen molar-refractivity contribution in [3.8, 4) is 0 Å². The fourth-order valence-electron chi connectivity index (χ4n) is 2.59. The SMILES string of the molecule is Cc1ccc(C(=O)CCC(=O)N=c2ccccn2Cc2ccccc2)s1. The van der Waals surface area contributed by atoms with Crippen LogP contribution in [0.1, 0.15) is 33.0 Å². The van der Waals surface area contributed by atoms with Crippen LogP contribution in [0.4, 0.5) is 0 Å². The summed E-state index contributed by atoms with van der Waals surface area (Å²) in [6.45, 7) is 2.60. The predicted octanol–water partition coefficient (Wildman–Crippen LogP) is 4.00. The number of pyridine rings is 1. The molecule has 0 saturated carbocycles. The van der Waals surface area contributed by atoms with E-state index < -0.39 is 0 Å². The van der Waals surface area contributed by atoms with Gasteiger partial charge >= 0.3 is 0 Å². The molecule has 3 rings (SSSR count). The summed E-state index contributed by atoms with van der Waals surface area (Å²) in [7, 11) is 0. The van der Waals surface area contributed by atoms with Crippen LogP contribution in [0.2, 0.25) is 0 Å². The normalized spacial score (nSPS) is 11.5. The molecule has 4 nitrogen and oxygen atoms in total. The van der Waals surface area contributed by atoms with E-state index in [2.05, 4.69) is 4.99 Å². The first-order valence-electron chi connectivity index (χ1n) is 8.48. The zero-order chi connectivity index (χ0) is 18.4. The zero-order valence-corrected chi connectivity index (χ0v) is 15.4. The highest BCUT2D eigenvalue weighted by atomic mass is 32.1. The van der Waals surface area contributed by atoms with Crippen LogP contribution in [0.25, 0.3) is 0 Å². The lowest BCUT2D eigenvalue weighted by atomic mass is 10.2. The van der Waals surface area contributed by atoms with Crippen LogP contribution in [0.15, 0.2) is 71.9 Å². The number of hydrogen-bond acceptors (Lipinski definition) is 3. The van der Waals surface area contributed by atoms with E-state index >= 15 is 0 Å². The number of ketones is 1. The molecule has 0 bridgehead atoms. The highest BCUT2D eigenvalue weighted by Crippen LogP contribution is 2.17. The largest absolute Gasteiger partial charge is 0.329 e. The Hall–Kier alpha value is -2.79. The number of aryl methyl sites for hydroxylation is 1. The number of carbonyl (C=O) groups excluding carboxylic acids is 2. The van der Waals surface area contributed by atoms with Crippen molar-refractivity contribution >= 4 is 23.0 Å². The molecule has 0 aliphatic rings. The molecule has 0 unspecified atom stereocenters. The summed E-state index contributed by atoms with van der Waals surface area (Å²) in [5.41, 5.74) is 1.73. The number of amides is 1. The standard InChI is InChI=1S/C21H20N2O2S/c1-16-10-12-19(26-16)18(24)11-13-21(25)22-20-9-5-6-14-23(20)15-17-7-3-2-4-8-17/h2-10,12,14H,11,13,15H2,1H3. The molecule has 3 aromatic rings. The Morgan fingerprint density at radius 2 is 1.73 bits per heavy atom. The third-order valence-electron chi connectivity index (χ3n) is 3.93. The number of thiophene rings is 1. The van der Waals surface area contributed by atoms with Gasteiger partial charge in [0.2, 0.25) is 5.91 Å². The van der Waals surface area contributed by atoms with E-state index in [1.54, 1.807) is 0 Å². The smallest absolute Gasteiger partial charge is 0.248 e. The molecule has 1 aromatic carbocycles. The lowest BCUT2D eigenvalue weighted by Gasteiger charge is -2.07. The Morgan fingerprint density at radius 1 is 0.962 bits per heavy atom. The highest BCUT2D eigenvalue weighted by molar-refractivity contribution is 7.14. The van der Waals surface area contributed by atoms with Gasteiger partial charge in [-0.3, -0.25) is 9.59 Å². The third kappa shape index (κ3) is 4.86. The molecule has 0 radical (unpaired) electrons. The molecule has 0 N–H and O–H groups in total. The van der Waals surface area contributed by atoms with Crippen molar-refractivity contribution < 1.29 is 9.59 Å². The second-order valence-electron chi connectivity index (χ2n) is 6.01. The Labute approximate surface area is 156 Å². The van der Waals surface area contributed by atoms with Crippen molar-refractivity contribution in [1.29, 1.82) is 0 Å². The number of aromatic nitrogens is 1. The maximum Gasteiger partial charge on any atom is 0.248 e. The molecule has 26 heavy (non-hydrogen) atoms. The summed E-state index contributed by atoms with van der Waals surface area (Å²) in [4.78, 5) is 30.4. The van der Waals surface area contributed by atoms with E-state index in [1.165, 1.54) is 11.3 Å². The Bertz CT molecular complexity index is 971. The molecule has 0 spiro atoms. The predicted molar refractivity (Wildman–Crippen MR) is 103 cm³/mol. The van der Waals surface area contributed by atoms with E-state index in [0.717, 1.165) is 10.4 Å². The van der Waals surface area contributed by atoms with E-state index in [9.17, 15) is 9.59 Å². The second kappa shape index (κ2) is 8.54. The van der Waals surface area contributed by atoms with Gasteiger partial charge in [-0.15, -0.1) is 11.3 Å². The van der Waals surface area contributed by atoms with Gasteiger partial charge in [-0.2, -0.15) is 4.99 Å². The monoisotopic (exact) mass is 364 g/mol. The van der Waals surface area contributed by atoms with Gasteiger partial charge in [0.05, 0.1) is 4.88 Å². The molecule has 5 heteroatoms. The molecular formula is C21H20N2O2S. The van der Waals surface area contributed by atoms with Gasteiger partial charge < -0.3 is 4.57 Å². The van der Waals surface area contributed by atoms with Crippen LogP contribution < -0.4 is 5.49 Å².